The molecule has 3 heterocycles. The molecule has 0 radical (unpaired) electrons. The van der Waals surface area contributed by atoms with E-state index in [4.69, 9.17) is 4.52 Å². The van der Waals surface area contributed by atoms with E-state index >= 15 is 0 Å². The molecule has 8 heteroatoms. The highest BCUT2D eigenvalue weighted by atomic mass is 16.5. The van der Waals surface area contributed by atoms with Crippen molar-refractivity contribution in [3.63, 3.8) is 0 Å². The van der Waals surface area contributed by atoms with E-state index in [1.165, 1.54) is 0 Å². The monoisotopic (exact) mass is 331 g/mol. The molecule has 1 N–H and O–H groups in total. The number of likely N-dealkylation sites (tertiary alicyclic amines) is 1. The molecule has 1 aliphatic heterocycles. The van der Waals surface area contributed by atoms with Crippen molar-refractivity contribution >= 4 is 11.8 Å². The smallest absolute Gasteiger partial charge is 0.225 e. The van der Waals surface area contributed by atoms with Crippen molar-refractivity contribution in [2.24, 2.45) is 7.05 Å². The molecule has 0 unspecified atom stereocenters. The fourth-order valence-electron chi connectivity index (χ4n) is 3.25. The Bertz CT molecular complexity index is 759. The zero-order valence-corrected chi connectivity index (χ0v) is 14.2. The fraction of sp³-hybridized carbons (Fsp3) is 0.500. The van der Waals surface area contributed by atoms with Gasteiger partial charge in [0.25, 0.3) is 0 Å². The Balaban J connectivity index is 1.76. The molecule has 2 aromatic rings. The molecule has 0 bridgehead atoms. The molecule has 1 aliphatic rings. The number of carbonyl (C=O) groups excluding carboxylic acids is 2. The third-order valence-corrected chi connectivity index (χ3v) is 4.61. The number of amides is 2. The summed E-state index contributed by atoms with van der Waals surface area (Å²) in [5, 5.41) is 11.0. The second-order valence-electron chi connectivity index (χ2n) is 6.19. The molecule has 3 rings (SSSR count). The van der Waals surface area contributed by atoms with Crippen LogP contribution in [0.25, 0.3) is 0 Å². The molecule has 128 valence electrons. The van der Waals surface area contributed by atoms with Crippen LogP contribution in [-0.2, 0) is 23.1 Å². The lowest BCUT2D eigenvalue weighted by atomic mass is 10.0. The van der Waals surface area contributed by atoms with E-state index in [0.717, 1.165) is 11.3 Å². The summed E-state index contributed by atoms with van der Waals surface area (Å²) < 4.78 is 6.82. The van der Waals surface area contributed by atoms with Crippen LogP contribution in [-0.4, -0.2) is 44.7 Å². The van der Waals surface area contributed by atoms with Crippen LogP contribution in [0.5, 0.6) is 0 Å². The first kappa shape index (κ1) is 16.2. The third-order valence-electron chi connectivity index (χ3n) is 4.61. The molecule has 1 saturated heterocycles. The van der Waals surface area contributed by atoms with Gasteiger partial charge in [0.2, 0.25) is 11.8 Å². The molecular weight excluding hydrogens is 310 g/mol. The Hall–Kier alpha value is -2.64. The number of nitrogens with zero attached hydrogens (tertiary/aromatic N) is 4. The number of hydrogen-bond donors (Lipinski definition) is 1. The highest BCUT2D eigenvalue weighted by Crippen LogP contribution is 2.31. The summed E-state index contributed by atoms with van der Waals surface area (Å²) in [7, 11) is 3.58. The van der Waals surface area contributed by atoms with Gasteiger partial charge >= 0.3 is 0 Å². The van der Waals surface area contributed by atoms with E-state index in [1.54, 1.807) is 29.7 Å². The van der Waals surface area contributed by atoms with Crippen LogP contribution in [0, 0.1) is 13.8 Å². The Kier molecular flexibility index (Phi) is 4.13. The molecule has 2 aromatic heterocycles. The van der Waals surface area contributed by atoms with Gasteiger partial charge in [0.15, 0.2) is 0 Å². The molecule has 0 saturated carbocycles. The Morgan fingerprint density at radius 1 is 1.42 bits per heavy atom. The van der Waals surface area contributed by atoms with Crippen molar-refractivity contribution in [3.05, 3.63) is 35.0 Å². The summed E-state index contributed by atoms with van der Waals surface area (Å²) >= 11 is 0. The Morgan fingerprint density at radius 2 is 2.17 bits per heavy atom. The second kappa shape index (κ2) is 6.10. The van der Waals surface area contributed by atoms with Crippen LogP contribution in [0.3, 0.4) is 0 Å². The maximum atomic E-state index is 12.5. The van der Waals surface area contributed by atoms with Crippen LogP contribution >= 0.6 is 0 Å². The van der Waals surface area contributed by atoms with Gasteiger partial charge in [-0.1, -0.05) is 5.16 Å². The Labute approximate surface area is 139 Å². The average molecular weight is 331 g/mol. The van der Waals surface area contributed by atoms with Gasteiger partial charge in [0.1, 0.15) is 5.76 Å². The van der Waals surface area contributed by atoms with Gasteiger partial charge < -0.3 is 14.7 Å². The first-order valence-corrected chi connectivity index (χ1v) is 7.83. The molecule has 8 nitrogen and oxygen atoms in total. The third kappa shape index (κ3) is 2.79. The van der Waals surface area contributed by atoms with Gasteiger partial charge in [-0.3, -0.25) is 14.3 Å². The number of aryl methyl sites for hydroxylation is 3. The minimum Gasteiger partial charge on any atom is -0.361 e. The Morgan fingerprint density at radius 3 is 2.75 bits per heavy atom. The number of aromatic nitrogens is 3. The minimum absolute atomic E-state index is 0.00355. The minimum atomic E-state index is -0.286. The van der Waals surface area contributed by atoms with Crippen LogP contribution in [0.2, 0.25) is 0 Å². The van der Waals surface area contributed by atoms with Crippen LogP contribution in [0.15, 0.2) is 16.8 Å². The quantitative estimate of drug-likeness (QED) is 0.888. The predicted octanol–water partition coefficient (Wildman–Crippen LogP) is 0.656. The largest absolute Gasteiger partial charge is 0.361 e. The first-order valence-electron chi connectivity index (χ1n) is 7.83. The summed E-state index contributed by atoms with van der Waals surface area (Å²) in [4.78, 5) is 26.2. The standard InChI is InChI=1S/C16H21N5O3/c1-9-11(10(2)24-19-9)7-14(22)18-12-8-15(23)20(3)16(12)13-5-6-17-21(13)4/h5-6,12,16H,7-8H2,1-4H3,(H,18,22)/t12-,16-/m1/s1. The zero-order valence-electron chi connectivity index (χ0n) is 14.2. The topological polar surface area (TPSA) is 93.3 Å². The molecule has 1 fully saturated rings. The molecule has 0 spiro atoms. The lowest BCUT2D eigenvalue weighted by Crippen LogP contribution is -2.40. The molecular formula is C16H21N5O3. The lowest BCUT2D eigenvalue weighted by Gasteiger charge is -2.25. The molecule has 2 atom stereocenters. The highest BCUT2D eigenvalue weighted by Gasteiger charge is 2.40. The van der Waals surface area contributed by atoms with E-state index in [9.17, 15) is 9.59 Å². The summed E-state index contributed by atoms with van der Waals surface area (Å²) in [5.41, 5.74) is 2.40. The van der Waals surface area contributed by atoms with E-state index < -0.39 is 0 Å². The van der Waals surface area contributed by atoms with Gasteiger partial charge in [0, 0.05) is 32.3 Å². The second-order valence-corrected chi connectivity index (χ2v) is 6.19. The van der Waals surface area contributed by atoms with Crippen molar-refractivity contribution in [2.75, 3.05) is 7.05 Å². The first-order chi connectivity index (χ1) is 11.4. The van der Waals surface area contributed by atoms with E-state index in [-0.39, 0.29) is 36.7 Å². The maximum Gasteiger partial charge on any atom is 0.225 e. The summed E-state index contributed by atoms with van der Waals surface area (Å²) in [5.74, 6) is 0.499. The van der Waals surface area contributed by atoms with Crippen molar-refractivity contribution in [1.29, 1.82) is 0 Å². The number of rotatable bonds is 4. The van der Waals surface area contributed by atoms with E-state index in [1.807, 2.05) is 20.0 Å². The average Bonchev–Trinajstić information content (AvgIpc) is 3.15. The lowest BCUT2D eigenvalue weighted by molar-refractivity contribution is -0.127. The van der Waals surface area contributed by atoms with Crippen molar-refractivity contribution < 1.29 is 14.1 Å². The number of likely N-dealkylation sites (N-methyl/N-ethyl adjacent to an activating group) is 1. The highest BCUT2D eigenvalue weighted by molar-refractivity contribution is 5.84. The molecule has 24 heavy (non-hydrogen) atoms. The number of carbonyl (C=O) groups is 2. The number of hydrogen-bond acceptors (Lipinski definition) is 5. The predicted molar refractivity (Wildman–Crippen MR) is 84.9 cm³/mol. The van der Waals surface area contributed by atoms with Gasteiger partial charge in [-0.2, -0.15) is 5.10 Å². The van der Waals surface area contributed by atoms with Crippen molar-refractivity contribution in [3.8, 4) is 0 Å². The summed E-state index contributed by atoms with van der Waals surface area (Å²) in [6.07, 6.45) is 2.15. The van der Waals surface area contributed by atoms with Gasteiger partial charge in [-0.25, -0.2) is 0 Å². The summed E-state index contributed by atoms with van der Waals surface area (Å²) in [6.45, 7) is 3.60. The summed E-state index contributed by atoms with van der Waals surface area (Å²) in [6, 6.07) is 1.36. The van der Waals surface area contributed by atoms with Crippen molar-refractivity contribution in [1.82, 2.24) is 25.2 Å². The fourth-order valence-corrected chi connectivity index (χ4v) is 3.25. The molecule has 0 aromatic carbocycles. The number of nitrogens with one attached hydrogen (secondary N) is 1. The molecule has 0 aliphatic carbocycles. The molecule has 2 amide bonds. The van der Waals surface area contributed by atoms with Crippen LogP contribution in [0.1, 0.15) is 35.2 Å². The van der Waals surface area contributed by atoms with Gasteiger partial charge in [-0.05, 0) is 19.9 Å². The SMILES string of the molecule is Cc1noc(C)c1CC(=O)N[C@@H]1CC(=O)N(C)[C@H]1c1ccnn1C. The van der Waals surface area contributed by atoms with Crippen LogP contribution in [0.4, 0.5) is 0 Å². The van der Waals surface area contributed by atoms with E-state index in [2.05, 4.69) is 15.6 Å². The van der Waals surface area contributed by atoms with Crippen molar-refractivity contribution in [2.45, 2.75) is 38.8 Å². The van der Waals surface area contributed by atoms with Gasteiger partial charge in [-0.15, -0.1) is 0 Å². The maximum absolute atomic E-state index is 12.5. The van der Waals surface area contributed by atoms with Gasteiger partial charge in [0.05, 0.1) is 29.9 Å². The normalized spacial score (nSPS) is 20.7. The zero-order chi connectivity index (χ0) is 17.4. The van der Waals surface area contributed by atoms with Crippen LogP contribution < -0.4 is 5.32 Å². The van der Waals surface area contributed by atoms with E-state index in [0.29, 0.717) is 11.5 Å².